The summed E-state index contributed by atoms with van der Waals surface area (Å²) in [6.07, 6.45) is 1.92. The average molecular weight is 544 g/mol. The molecule has 3 aromatic rings. The molecule has 0 radical (unpaired) electrons. The van der Waals surface area contributed by atoms with Crippen molar-refractivity contribution in [1.29, 1.82) is 0 Å². The minimum absolute atomic E-state index is 0.0473. The quantitative estimate of drug-likeness (QED) is 0.348. The first-order valence-electron chi connectivity index (χ1n) is 13.8. The summed E-state index contributed by atoms with van der Waals surface area (Å²) >= 11 is 0. The second-order valence-corrected chi connectivity index (χ2v) is 10.3. The number of hydrogen-bond acceptors (Lipinski definition) is 6. The molecule has 1 aliphatic carbocycles. The van der Waals surface area contributed by atoms with Crippen molar-refractivity contribution < 1.29 is 23.8 Å². The third-order valence-electron chi connectivity index (χ3n) is 7.30. The van der Waals surface area contributed by atoms with Crippen LogP contribution in [-0.2, 0) is 32.2 Å². The van der Waals surface area contributed by atoms with Gasteiger partial charge in [-0.2, -0.15) is 0 Å². The second-order valence-electron chi connectivity index (χ2n) is 10.3. The van der Waals surface area contributed by atoms with Crippen LogP contribution < -0.4 is 15.0 Å². The van der Waals surface area contributed by atoms with E-state index in [2.05, 4.69) is 11.4 Å². The van der Waals surface area contributed by atoms with Gasteiger partial charge in [-0.25, -0.2) is 0 Å². The summed E-state index contributed by atoms with van der Waals surface area (Å²) < 4.78 is 16.3. The summed E-state index contributed by atoms with van der Waals surface area (Å²) in [4.78, 5) is 31.0. The van der Waals surface area contributed by atoms with Crippen molar-refractivity contribution in [3.8, 4) is 16.9 Å². The van der Waals surface area contributed by atoms with E-state index in [1.807, 2.05) is 71.6 Å². The minimum Gasteiger partial charge on any atom is -0.497 e. The number of rotatable bonds is 12. The van der Waals surface area contributed by atoms with Crippen LogP contribution in [0.4, 0.5) is 5.69 Å². The first kappa shape index (κ1) is 27.8. The summed E-state index contributed by atoms with van der Waals surface area (Å²) in [5.74, 6) is 0.566. The first-order chi connectivity index (χ1) is 19.6. The Bertz CT molecular complexity index is 1310. The molecule has 1 aliphatic heterocycles. The Kier molecular flexibility index (Phi) is 9.11. The van der Waals surface area contributed by atoms with E-state index in [4.69, 9.17) is 14.2 Å². The Hall–Kier alpha value is -3.72. The van der Waals surface area contributed by atoms with Gasteiger partial charge in [-0.1, -0.05) is 48.5 Å². The van der Waals surface area contributed by atoms with Crippen LogP contribution in [-0.4, -0.2) is 69.3 Å². The number of nitrogens with zero attached hydrogens (tertiary/aromatic N) is 2. The predicted molar refractivity (Wildman–Crippen MR) is 154 cm³/mol. The molecule has 0 spiro atoms. The van der Waals surface area contributed by atoms with Crippen molar-refractivity contribution in [1.82, 2.24) is 10.2 Å². The number of hydrogen-bond donors (Lipinski definition) is 1. The largest absolute Gasteiger partial charge is 0.497 e. The number of amides is 2. The van der Waals surface area contributed by atoms with Crippen molar-refractivity contribution in [2.45, 2.75) is 38.1 Å². The monoisotopic (exact) mass is 543 g/mol. The van der Waals surface area contributed by atoms with E-state index in [0.29, 0.717) is 32.9 Å². The van der Waals surface area contributed by atoms with Gasteiger partial charge in [0.1, 0.15) is 11.8 Å². The molecule has 0 aromatic heterocycles. The standard InChI is InChI=1S/C32H37N3O5/c1-38-13-14-40-22-24-15-23(16-29(17-24)39-2)21-34(27-11-12-27)32(37)30-19-33-20-31(36)35(30)28-10-6-9-26(18-28)25-7-4-3-5-8-25/h3-10,15-18,27,30,33H,11-14,19-22H2,1-2H3. The number of piperazine rings is 1. The van der Waals surface area contributed by atoms with Crippen molar-refractivity contribution in [2.75, 3.05) is 45.4 Å². The molecule has 2 aliphatic rings. The molecule has 3 aromatic carbocycles. The Balaban J connectivity index is 1.39. The fraction of sp³-hybridized carbons (Fsp3) is 0.375. The fourth-order valence-corrected chi connectivity index (χ4v) is 5.17. The van der Waals surface area contributed by atoms with E-state index in [9.17, 15) is 9.59 Å². The number of anilines is 1. The van der Waals surface area contributed by atoms with Gasteiger partial charge in [-0.15, -0.1) is 0 Å². The first-order valence-corrected chi connectivity index (χ1v) is 13.8. The Morgan fingerprint density at radius 2 is 1.73 bits per heavy atom. The van der Waals surface area contributed by atoms with E-state index in [0.717, 1.165) is 46.5 Å². The molecule has 1 saturated heterocycles. The maximum atomic E-state index is 14.2. The summed E-state index contributed by atoms with van der Waals surface area (Å²) in [7, 11) is 3.28. The highest BCUT2D eigenvalue weighted by atomic mass is 16.5. The number of carbonyl (C=O) groups excluding carboxylic acids is 2. The van der Waals surface area contributed by atoms with Gasteiger partial charge in [0.25, 0.3) is 0 Å². The molecule has 5 rings (SSSR count). The highest BCUT2D eigenvalue weighted by Crippen LogP contribution is 2.33. The summed E-state index contributed by atoms with van der Waals surface area (Å²) in [5.41, 5.74) is 4.75. The molecule has 1 heterocycles. The van der Waals surface area contributed by atoms with E-state index in [1.165, 1.54) is 0 Å². The Labute approximate surface area is 235 Å². The number of carbonyl (C=O) groups is 2. The fourth-order valence-electron chi connectivity index (χ4n) is 5.17. The lowest BCUT2D eigenvalue weighted by molar-refractivity contribution is -0.136. The Morgan fingerprint density at radius 1 is 0.950 bits per heavy atom. The predicted octanol–water partition coefficient (Wildman–Crippen LogP) is 4.02. The molecular weight excluding hydrogens is 506 g/mol. The molecule has 1 unspecified atom stereocenters. The molecule has 2 amide bonds. The van der Waals surface area contributed by atoms with Gasteiger partial charge in [0.15, 0.2) is 0 Å². The molecule has 1 N–H and O–H groups in total. The van der Waals surface area contributed by atoms with E-state index >= 15 is 0 Å². The van der Waals surface area contributed by atoms with Crippen molar-refractivity contribution in [3.05, 3.63) is 83.9 Å². The lowest BCUT2D eigenvalue weighted by Gasteiger charge is -2.38. The Morgan fingerprint density at radius 3 is 2.48 bits per heavy atom. The lowest BCUT2D eigenvalue weighted by Crippen LogP contribution is -2.61. The van der Waals surface area contributed by atoms with Gasteiger partial charge in [0, 0.05) is 31.9 Å². The number of ether oxygens (including phenoxy) is 3. The maximum absolute atomic E-state index is 14.2. The third kappa shape index (κ3) is 6.70. The van der Waals surface area contributed by atoms with Gasteiger partial charge < -0.3 is 24.4 Å². The van der Waals surface area contributed by atoms with Crippen molar-refractivity contribution >= 4 is 17.5 Å². The molecule has 210 valence electrons. The van der Waals surface area contributed by atoms with E-state index in [-0.39, 0.29) is 24.4 Å². The molecule has 8 heteroatoms. The zero-order chi connectivity index (χ0) is 27.9. The highest BCUT2D eigenvalue weighted by molar-refractivity contribution is 6.03. The summed E-state index contributed by atoms with van der Waals surface area (Å²) in [5, 5.41) is 3.16. The van der Waals surface area contributed by atoms with Crippen LogP contribution in [0.15, 0.2) is 72.8 Å². The van der Waals surface area contributed by atoms with E-state index < -0.39 is 6.04 Å². The molecule has 8 nitrogen and oxygen atoms in total. The van der Waals surface area contributed by atoms with Crippen LogP contribution in [0.25, 0.3) is 11.1 Å². The SMILES string of the molecule is COCCOCc1cc(CN(C(=O)C2CNCC(=O)N2c2cccc(-c3ccccc3)c2)C2CC2)cc(OC)c1. The molecular formula is C32H37N3O5. The maximum Gasteiger partial charge on any atom is 0.247 e. The lowest BCUT2D eigenvalue weighted by atomic mass is 10.0. The van der Waals surface area contributed by atoms with Gasteiger partial charge in [-0.3, -0.25) is 14.5 Å². The number of nitrogens with one attached hydrogen (secondary N) is 1. The van der Waals surface area contributed by atoms with Crippen LogP contribution in [0.2, 0.25) is 0 Å². The highest BCUT2D eigenvalue weighted by Gasteiger charge is 2.41. The zero-order valence-corrected chi connectivity index (χ0v) is 23.2. The van der Waals surface area contributed by atoms with Crippen LogP contribution in [0.3, 0.4) is 0 Å². The van der Waals surface area contributed by atoms with Gasteiger partial charge >= 0.3 is 0 Å². The average Bonchev–Trinajstić information content (AvgIpc) is 3.83. The molecule has 1 atom stereocenters. The molecule has 0 bridgehead atoms. The van der Waals surface area contributed by atoms with Gasteiger partial charge in [-0.05, 0) is 59.4 Å². The van der Waals surface area contributed by atoms with Crippen LogP contribution in [0.5, 0.6) is 5.75 Å². The molecule has 1 saturated carbocycles. The van der Waals surface area contributed by atoms with Crippen molar-refractivity contribution in [2.24, 2.45) is 0 Å². The number of methoxy groups -OCH3 is 2. The second kappa shape index (κ2) is 13.1. The zero-order valence-electron chi connectivity index (χ0n) is 23.2. The van der Waals surface area contributed by atoms with Crippen LogP contribution in [0, 0.1) is 0 Å². The molecule has 2 fully saturated rings. The summed E-state index contributed by atoms with van der Waals surface area (Å²) in [6.45, 7) is 2.50. The third-order valence-corrected chi connectivity index (χ3v) is 7.30. The minimum atomic E-state index is -0.629. The number of benzene rings is 3. The van der Waals surface area contributed by atoms with E-state index in [1.54, 1.807) is 19.1 Å². The van der Waals surface area contributed by atoms with Crippen molar-refractivity contribution in [3.63, 3.8) is 0 Å². The van der Waals surface area contributed by atoms with Gasteiger partial charge in [0.2, 0.25) is 11.8 Å². The smallest absolute Gasteiger partial charge is 0.247 e. The van der Waals surface area contributed by atoms with Gasteiger partial charge in [0.05, 0.1) is 33.5 Å². The van der Waals surface area contributed by atoms with Crippen LogP contribution >= 0.6 is 0 Å². The normalized spacial score (nSPS) is 17.1. The topological polar surface area (TPSA) is 80.3 Å². The molecule has 40 heavy (non-hydrogen) atoms. The van der Waals surface area contributed by atoms with Crippen LogP contribution in [0.1, 0.15) is 24.0 Å². The summed E-state index contributed by atoms with van der Waals surface area (Å²) in [6, 6.07) is 23.4.